The first kappa shape index (κ1) is 17.7. The highest BCUT2D eigenvalue weighted by molar-refractivity contribution is 5.76. The molecule has 0 radical (unpaired) electrons. The number of ether oxygens (including phenoxy) is 1. The highest BCUT2D eigenvalue weighted by Crippen LogP contribution is 2.14. The number of nitrogens with one attached hydrogen (secondary N) is 1. The largest absolute Gasteiger partial charge is 0.380 e. The first-order valence-electron chi connectivity index (χ1n) is 7.59. The molecule has 0 aromatic heterocycles. The molecular formula is C17H28N2O2. The van der Waals surface area contributed by atoms with Crippen LogP contribution in [-0.2, 0) is 22.7 Å². The van der Waals surface area contributed by atoms with Crippen LogP contribution in [-0.4, -0.2) is 19.6 Å². The van der Waals surface area contributed by atoms with Crippen molar-refractivity contribution >= 4 is 5.91 Å². The van der Waals surface area contributed by atoms with Gasteiger partial charge in [-0.1, -0.05) is 38.1 Å². The van der Waals surface area contributed by atoms with E-state index in [0.29, 0.717) is 32.0 Å². The summed E-state index contributed by atoms with van der Waals surface area (Å²) in [5.41, 5.74) is 7.95. The quantitative estimate of drug-likeness (QED) is 0.735. The SMILES string of the molecule is COCc1ccccc1CNC(=O)C[C@@H](CN)CC(C)C. The summed E-state index contributed by atoms with van der Waals surface area (Å²) >= 11 is 0. The molecule has 1 rings (SSSR count). The summed E-state index contributed by atoms with van der Waals surface area (Å²) in [5, 5.41) is 2.99. The molecule has 1 amide bonds. The maximum Gasteiger partial charge on any atom is 0.220 e. The highest BCUT2D eigenvalue weighted by Gasteiger charge is 2.14. The Labute approximate surface area is 128 Å². The van der Waals surface area contributed by atoms with Gasteiger partial charge in [-0.3, -0.25) is 4.79 Å². The van der Waals surface area contributed by atoms with E-state index in [0.717, 1.165) is 17.5 Å². The summed E-state index contributed by atoms with van der Waals surface area (Å²) in [6, 6.07) is 7.99. The molecule has 1 atom stereocenters. The van der Waals surface area contributed by atoms with Crippen molar-refractivity contribution in [2.24, 2.45) is 17.6 Å². The Morgan fingerprint density at radius 3 is 2.52 bits per heavy atom. The van der Waals surface area contributed by atoms with Crippen LogP contribution in [0.4, 0.5) is 0 Å². The lowest BCUT2D eigenvalue weighted by Crippen LogP contribution is -2.28. The summed E-state index contributed by atoms with van der Waals surface area (Å²) < 4.78 is 5.17. The standard InChI is InChI=1S/C17H28N2O2/c1-13(2)8-14(10-18)9-17(20)19-11-15-6-4-5-7-16(15)12-21-3/h4-7,13-14H,8-12,18H2,1-3H3,(H,19,20)/t14-/m0/s1. The van der Waals surface area contributed by atoms with Crippen LogP contribution in [0, 0.1) is 11.8 Å². The topological polar surface area (TPSA) is 64.3 Å². The number of carbonyl (C=O) groups excluding carboxylic acids is 1. The van der Waals surface area contributed by atoms with E-state index in [4.69, 9.17) is 10.5 Å². The average Bonchev–Trinajstić information content (AvgIpc) is 2.45. The van der Waals surface area contributed by atoms with Crippen molar-refractivity contribution in [3.8, 4) is 0 Å². The van der Waals surface area contributed by atoms with Crippen molar-refractivity contribution in [1.29, 1.82) is 0 Å². The van der Waals surface area contributed by atoms with E-state index >= 15 is 0 Å². The van der Waals surface area contributed by atoms with Crippen LogP contribution in [0.5, 0.6) is 0 Å². The number of carbonyl (C=O) groups is 1. The lowest BCUT2D eigenvalue weighted by molar-refractivity contribution is -0.122. The van der Waals surface area contributed by atoms with Crippen LogP contribution >= 0.6 is 0 Å². The zero-order valence-electron chi connectivity index (χ0n) is 13.4. The molecule has 4 nitrogen and oxygen atoms in total. The fourth-order valence-electron chi connectivity index (χ4n) is 2.48. The maximum absolute atomic E-state index is 12.0. The van der Waals surface area contributed by atoms with Crippen molar-refractivity contribution in [3.63, 3.8) is 0 Å². The monoisotopic (exact) mass is 292 g/mol. The number of nitrogens with two attached hydrogens (primary N) is 1. The third-order valence-corrected chi connectivity index (χ3v) is 3.51. The molecule has 21 heavy (non-hydrogen) atoms. The van der Waals surface area contributed by atoms with Gasteiger partial charge in [0.2, 0.25) is 5.91 Å². The predicted molar refractivity (Wildman–Crippen MR) is 85.6 cm³/mol. The molecule has 0 bridgehead atoms. The molecule has 1 aromatic carbocycles. The summed E-state index contributed by atoms with van der Waals surface area (Å²) in [4.78, 5) is 12.0. The van der Waals surface area contributed by atoms with Crippen LogP contribution in [0.15, 0.2) is 24.3 Å². The van der Waals surface area contributed by atoms with Gasteiger partial charge in [0, 0.05) is 20.1 Å². The molecule has 0 saturated heterocycles. The molecule has 0 aliphatic carbocycles. The number of rotatable bonds is 9. The van der Waals surface area contributed by atoms with E-state index in [1.807, 2.05) is 24.3 Å². The second-order valence-corrected chi connectivity index (χ2v) is 5.91. The van der Waals surface area contributed by atoms with E-state index in [2.05, 4.69) is 19.2 Å². The molecule has 3 N–H and O–H groups in total. The van der Waals surface area contributed by atoms with Crippen LogP contribution in [0.2, 0.25) is 0 Å². The zero-order chi connectivity index (χ0) is 15.7. The lowest BCUT2D eigenvalue weighted by atomic mass is 9.94. The van der Waals surface area contributed by atoms with Crippen molar-refractivity contribution in [2.45, 2.75) is 39.8 Å². The van der Waals surface area contributed by atoms with Crippen molar-refractivity contribution < 1.29 is 9.53 Å². The summed E-state index contributed by atoms with van der Waals surface area (Å²) in [6.45, 7) is 5.97. The number of hydrogen-bond acceptors (Lipinski definition) is 3. The maximum atomic E-state index is 12.0. The fourth-order valence-corrected chi connectivity index (χ4v) is 2.48. The molecule has 0 saturated carbocycles. The van der Waals surface area contributed by atoms with Gasteiger partial charge in [0.1, 0.15) is 0 Å². The average molecular weight is 292 g/mol. The molecule has 0 unspecified atom stereocenters. The molecule has 0 heterocycles. The van der Waals surface area contributed by atoms with Gasteiger partial charge >= 0.3 is 0 Å². The Hall–Kier alpha value is -1.39. The first-order chi connectivity index (χ1) is 10.1. The second-order valence-electron chi connectivity index (χ2n) is 5.91. The summed E-state index contributed by atoms with van der Waals surface area (Å²) in [5.74, 6) is 0.895. The minimum Gasteiger partial charge on any atom is -0.380 e. The van der Waals surface area contributed by atoms with Gasteiger partial charge in [-0.15, -0.1) is 0 Å². The van der Waals surface area contributed by atoms with E-state index in [1.54, 1.807) is 7.11 Å². The van der Waals surface area contributed by atoms with Gasteiger partial charge in [-0.25, -0.2) is 0 Å². The number of methoxy groups -OCH3 is 1. The molecule has 118 valence electrons. The van der Waals surface area contributed by atoms with E-state index in [-0.39, 0.29) is 11.8 Å². The van der Waals surface area contributed by atoms with Gasteiger partial charge < -0.3 is 15.8 Å². The van der Waals surface area contributed by atoms with E-state index in [1.165, 1.54) is 0 Å². The molecular weight excluding hydrogens is 264 g/mol. The lowest BCUT2D eigenvalue weighted by Gasteiger charge is -2.17. The Morgan fingerprint density at radius 1 is 1.29 bits per heavy atom. The normalized spacial score (nSPS) is 12.4. The van der Waals surface area contributed by atoms with Gasteiger partial charge in [-0.05, 0) is 35.9 Å². The van der Waals surface area contributed by atoms with Crippen LogP contribution in [0.25, 0.3) is 0 Å². The smallest absolute Gasteiger partial charge is 0.220 e. The van der Waals surface area contributed by atoms with Crippen molar-refractivity contribution in [2.75, 3.05) is 13.7 Å². The van der Waals surface area contributed by atoms with E-state index in [9.17, 15) is 4.79 Å². The third-order valence-electron chi connectivity index (χ3n) is 3.51. The second kappa shape index (κ2) is 9.53. The van der Waals surface area contributed by atoms with Gasteiger partial charge in [-0.2, -0.15) is 0 Å². The van der Waals surface area contributed by atoms with E-state index < -0.39 is 0 Å². The van der Waals surface area contributed by atoms with Crippen LogP contribution in [0.1, 0.15) is 37.8 Å². The van der Waals surface area contributed by atoms with Crippen LogP contribution in [0.3, 0.4) is 0 Å². The summed E-state index contributed by atoms with van der Waals surface area (Å²) in [6.07, 6.45) is 1.49. The molecule has 4 heteroatoms. The molecule has 1 aromatic rings. The Bertz CT molecular complexity index is 433. The minimum atomic E-state index is 0.0679. The van der Waals surface area contributed by atoms with Gasteiger partial charge in [0.15, 0.2) is 0 Å². The van der Waals surface area contributed by atoms with Crippen molar-refractivity contribution in [1.82, 2.24) is 5.32 Å². The molecule has 0 aliphatic rings. The fraction of sp³-hybridized carbons (Fsp3) is 0.588. The number of hydrogen-bond donors (Lipinski definition) is 2. The number of amides is 1. The first-order valence-corrected chi connectivity index (χ1v) is 7.59. The molecule has 0 spiro atoms. The predicted octanol–water partition coefficient (Wildman–Crippen LogP) is 2.46. The molecule has 0 fully saturated rings. The number of benzene rings is 1. The minimum absolute atomic E-state index is 0.0679. The highest BCUT2D eigenvalue weighted by atomic mass is 16.5. The van der Waals surface area contributed by atoms with Gasteiger partial charge in [0.25, 0.3) is 0 Å². The van der Waals surface area contributed by atoms with Crippen molar-refractivity contribution in [3.05, 3.63) is 35.4 Å². The van der Waals surface area contributed by atoms with Gasteiger partial charge in [0.05, 0.1) is 6.61 Å². The molecule has 0 aliphatic heterocycles. The Balaban J connectivity index is 2.49. The zero-order valence-corrected chi connectivity index (χ0v) is 13.4. The Morgan fingerprint density at radius 2 is 1.95 bits per heavy atom. The summed E-state index contributed by atoms with van der Waals surface area (Å²) in [7, 11) is 1.67. The third kappa shape index (κ3) is 6.74. The van der Waals surface area contributed by atoms with Crippen LogP contribution < -0.4 is 11.1 Å². The Kier molecular flexibility index (Phi) is 8.01.